The highest BCUT2D eigenvalue weighted by molar-refractivity contribution is 4.67. The summed E-state index contributed by atoms with van der Waals surface area (Å²) in [6.45, 7) is 16.4. The second-order valence-electron chi connectivity index (χ2n) is 7.65. The minimum atomic E-state index is 0.482. The van der Waals surface area contributed by atoms with Crippen LogP contribution in [0, 0.1) is 17.3 Å². The third-order valence-corrected chi connectivity index (χ3v) is 3.41. The summed E-state index contributed by atoms with van der Waals surface area (Å²) in [5, 5.41) is 3.59. The quantitative estimate of drug-likeness (QED) is 0.525. The molecule has 1 N–H and O–H groups in total. The molecule has 1 nitrogen and oxygen atoms in total. The first-order valence-corrected chi connectivity index (χ1v) is 8.02. The minimum absolute atomic E-state index is 0.482. The molecule has 0 bridgehead atoms. The SMILES string of the molecule is CC(C)CCCCCNCCC(C)CC(C)(C)C. The van der Waals surface area contributed by atoms with Gasteiger partial charge in [-0.1, -0.05) is 60.8 Å². The van der Waals surface area contributed by atoms with E-state index in [0.29, 0.717) is 5.41 Å². The molecule has 0 spiro atoms. The van der Waals surface area contributed by atoms with E-state index >= 15 is 0 Å². The van der Waals surface area contributed by atoms with Gasteiger partial charge >= 0.3 is 0 Å². The van der Waals surface area contributed by atoms with Crippen LogP contribution in [0.15, 0.2) is 0 Å². The molecule has 0 amide bonds. The largest absolute Gasteiger partial charge is 0.317 e. The summed E-state index contributed by atoms with van der Waals surface area (Å²) < 4.78 is 0. The second-order valence-corrected chi connectivity index (χ2v) is 7.65. The van der Waals surface area contributed by atoms with E-state index in [1.807, 2.05) is 0 Å². The molecular formula is C17H37N. The lowest BCUT2D eigenvalue weighted by Gasteiger charge is -2.23. The van der Waals surface area contributed by atoms with E-state index in [4.69, 9.17) is 0 Å². The third kappa shape index (κ3) is 14.0. The fourth-order valence-electron chi connectivity index (χ4n) is 2.60. The van der Waals surface area contributed by atoms with E-state index in [2.05, 4.69) is 46.9 Å². The van der Waals surface area contributed by atoms with Gasteiger partial charge in [-0.05, 0) is 49.6 Å². The summed E-state index contributed by atoms with van der Waals surface area (Å²) in [5.41, 5.74) is 0.482. The van der Waals surface area contributed by atoms with Crippen LogP contribution in [0.5, 0.6) is 0 Å². The number of hydrogen-bond acceptors (Lipinski definition) is 1. The molecule has 0 fully saturated rings. The van der Waals surface area contributed by atoms with Crippen LogP contribution >= 0.6 is 0 Å². The molecule has 0 heterocycles. The maximum absolute atomic E-state index is 3.59. The Balaban J connectivity index is 3.25. The lowest BCUT2D eigenvalue weighted by molar-refractivity contribution is 0.294. The smallest absolute Gasteiger partial charge is 0.00464 e. The monoisotopic (exact) mass is 255 g/mol. The van der Waals surface area contributed by atoms with Crippen LogP contribution in [0.3, 0.4) is 0 Å². The molecule has 0 saturated heterocycles. The van der Waals surface area contributed by atoms with Crippen molar-refractivity contribution in [2.24, 2.45) is 17.3 Å². The van der Waals surface area contributed by atoms with Gasteiger partial charge in [0.05, 0.1) is 0 Å². The number of rotatable bonds is 10. The van der Waals surface area contributed by atoms with Gasteiger partial charge in [-0.25, -0.2) is 0 Å². The molecule has 110 valence electrons. The average molecular weight is 255 g/mol. The molecule has 0 saturated carbocycles. The highest BCUT2D eigenvalue weighted by Crippen LogP contribution is 2.25. The standard InChI is InChI=1S/C17H37N/c1-15(2)10-8-7-9-12-18-13-11-16(3)14-17(4,5)6/h15-16,18H,7-14H2,1-6H3. The van der Waals surface area contributed by atoms with Crippen LogP contribution in [0.2, 0.25) is 0 Å². The molecule has 1 unspecified atom stereocenters. The van der Waals surface area contributed by atoms with Crippen molar-refractivity contribution >= 4 is 0 Å². The van der Waals surface area contributed by atoms with Crippen LogP contribution in [-0.4, -0.2) is 13.1 Å². The fraction of sp³-hybridized carbons (Fsp3) is 1.00. The van der Waals surface area contributed by atoms with Crippen LogP contribution in [0.4, 0.5) is 0 Å². The van der Waals surface area contributed by atoms with Gasteiger partial charge in [-0.3, -0.25) is 0 Å². The lowest BCUT2D eigenvalue weighted by Crippen LogP contribution is -2.20. The fourth-order valence-corrected chi connectivity index (χ4v) is 2.60. The molecule has 0 aliphatic rings. The van der Waals surface area contributed by atoms with Crippen molar-refractivity contribution in [2.45, 2.75) is 80.1 Å². The van der Waals surface area contributed by atoms with Gasteiger partial charge in [0, 0.05) is 0 Å². The van der Waals surface area contributed by atoms with Gasteiger partial charge in [0.25, 0.3) is 0 Å². The zero-order valence-corrected chi connectivity index (χ0v) is 13.8. The Morgan fingerprint density at radius 2 is 1.50 bits per heavy atom. The molecule has 0 aliphatic carbocycles. The highest BCUT2D eigenvalue weighted by atomic mass is 14.8. The molecular weight excluding hydrogens is 218 g/mol. The summed E-state index contributed by atoms with van der Waals surface area (Å²) in [5.74, 6) is 1.72. The van der Waals surface area contributed by atoms with Gasteiger partial charge in [0.1, 0.15) is 0 Å². The van der Waals surface area contributed by atoms with E-state index in [0.717, 1.165) is 11.8 Å². The van der Waals surface area contributed by atoms with Crippen molar-refractivity contribution in [2.75, 3.05) is 13.1 Å². The third-order valence-electron chi connectivity index (χ3n) is 3.41. The topological polar surface area (TPSA) is 12.0 Å². The van der Waals surface area contributed by atoms with E-state index < -0.39 is 0 Å². The van der Waals surface area contributed by atoms with Gasteiger partial charge < -0.3 is 5.32 Å². The normalized spacial score (nSPS) is 14.2. The molecule has 18 heavy (non-hydrogen) atoms. The number of nitrogens with one attached hydrogen (secondary N) is 1. The van der Waals surface area contributed by atoms with Crippen LogP contribution < -0.4 is 5.32 Å². The Morgan fingerprint density at radius 1 is 0.833 bits per heavy atom. The lowest BCUT2D eigenvalue weighted by atomic mass is 9.84. The second kappa shape index (κ2) is 9.83. The molecule has 0 aliphatic heterocycles. The van der Waals surface area contributed by atoms with Crippen molar-refractivity contribution in [3.63, 3.8) is 0 Å². The summed E-state index contributed by atoms with van der Waals surface area (Å²) in [7, 11) is 0. The van der Waals surface area contributed by atoms with Gasteiger partial charge in [0.15, 0.2) is 0 Å². The van der Waals surface area contributed by atoms with Crippen molar-refractivity contribution in [3.05, 3.63) is 0 Å². The maximum Gasteiger partial charge on any atom is -0.00464 e. The van der Waals surface area contributed by atoms with E-state index in [9.17, 15) is 0 Å². The Bertz CT molecular complexity index is 179. The van der Waals surface area contributed by atoms with Gasteiger partial charge in [-0.2, -0.15) is 0 Å². The average Bonchev–Trinajstić information content (AvgIpc) is 2.18. The summed E-state index contributed by atoms with van der Waals surface area (Å²) in [4.78, 5) is 0. The number of hydrogen-bond donors (Lipinski definition) is 1. The zero-order valence-electron chi connectivity index (χ0n) is 13.8. The molecule has 0 rings (SSSR count). The first kappa shape index (κ1) is 18.0. The zero-order chi connectivity index (χ0) is 14.0. The summed E-state index contributed by atoms with van der Waals surface area (Å²) in [6, 6.07) is 0. The first-order chi connectivity index (χ1) is 8.31. The van der Waals surface area contributed by atoms with Crippen LogP contribution in [0.1, 0.15) is 80.1 Å². The molecule has 1 heteroatoms. The van der Waals surface area contributed by atoms with Crippen LogP contribution in [0.25, 0.3) is 0 Å². The van der Waals surface area contributed by atoms with Crippen molar-refractivity contribution < 1.29 is 0 Å². The van der Waals surface area contributed by atoms with Gasteiger partial charge in [0.2, 0.25) is 0 Å². The van der Waals surface area contributed by atoms with Crippen LogP contribution in [-0.2, 0) is 0 Å². The van der Waals surface area contributed by atoms with Crippen molar-refractivity contribution in [3.8, 4) is 0 Å². The van der Waals surface area contributed by atoms with E-state index in [1.54, 1.807) is 0 Å². The Morgan fingerprint density at radius 3 is 2.06 bits per heavy atom. The molecule has 0 aromatic carbocycles. The van der Waals surface area contributed by atoms with Crippen molar-refractivity contribution in [1.29, 1.82) is 0 Å². The highest BCUT2D eigenvalue weighted by Gasteiger charge is 2.14. The molecule has 1 atom stereocenters. The maximum atomic E-state index is 3.59. The molecule has 0 aromatic heterocycles. The Labute approximate surface area is 116 Å². The Hall–Kier alpha value is -0.0400. The predicted octanol–water partition coefficient (Wildman–Crippen LogP) is 5.25. The number of unbranched alkanes of at least 4 members (excludes halogenated alkanes) is 2. The minimum Gasteiger partial charge on any atom is -0.317 e. The molecule has 0 radical (unpaired) electrons. The predicted molar refractivity (Wildman–Crippen MR) is 84.0 cm³/mol. The summed E-state index contributed by atoms with van der Waals surface area (Å²) in [6.07, 6.45) is 8.19. The van der Waals surface area contributed by atoms with E-state index in [1.165, 1.54) is 51.6 Å². The van der Waals surface area contributed by atoms with E-state index in [-0.39, 0.29) is 0 Å². The first-order valence-electron chi connectivity index (χ1n) is 8.02. The Kier molecular flexibility index (Phi) is 9.81. The summed E-state index contributed by atoms with van der Waals surface area (Å²) >= 11 is 0. The molecule has 0 aromatic rings. The van der Waals surface area contributed by atoms with Gasteiger partial charge in [-0.15, -0.1) is 0 Å². The van der Waals surface area contributed by atoms with Crippen molar-refractivity contribution in [1.82, 2.24) is 5.32 Å².